The van der Waals surface area contributed by atoms with Gasteiger partial charge in [0.1, 0.15) is 0 Å². The number of likely N-dealkylation sites (tertiary alicyclic amines) is 1. The summed E-state index contributed by atoms with van der Waals surface area (Å²) < 4.78 is 0. The number of amides is 1. The van der Waals surface area contributed by atoms with Crippen LogP contribution in [0.3, 0.4) is 0 Å². The second kappa shape index (κ2) is 6.64. The quantitative estimate of drug-likeness (QED) is 0.924. The minimum absolute atomic E-state index is 0.215. The number of hydrogen-bond donors (Lipinski definition) is 1. The van der Waals surface area contributed by atoms with Gasteiger partial charge in [0.2, 0.25) is 5.91 Å². The predicted molar refractivity (Wildman–Crippen MR) is 94.3 cm³/mol. The van der Waals surface area contributed by atoms with Crippen molar-refractivity contribution in [3.8, 4) is 0 Å². The maximum Gasteiger partial charge on any atom is 0.226 e. The molecule has 1 heterocycles. The first-order chi connectivity index (χ1) is 11.0. The molecule has 1 aromatic carbocycles. The van der Waals surface area contributed by atoms with Crippen LogP contribution < -0.4 is 5.73 Å². The molecule has 1 amide bonds. The van der Waals surface area contributed by atoms with Gasteiger partial charge in [-0.05, 0) is 55.1 Å². The Labute approximate surface area is 140 Å². The molecule has 1 saturated carbocycles. The van der Waals surface area contributed by atoms with E-state index in [1.165, 1.54) is 11.1 Å². The largest absolute Gasteiger partial charge is 0.342 e. The summed E-state index contributed by atoms with van der Waals surface area (Å²) in [5.41, 5.74) is 8.69. The maximum atomic E-state index is 12.7. The normalized spacial score (nSPS) is 26.4. The van der Waals surface area contributed by atoms with Crippen molar-refractivity contribution in [2.75, 3.05) is 13.1 Å². The van der Waals surface area contributed by atoms with Crippen molar-refractivity contribution in [1.82, 2.24) is 4.90 Å². The molecule has 1 saturated heterocycles. The Bertz CT molecular complexity index is 541. The van der Waals surface area contributed by atoms with Gasteiger partial charge in [-0.25, -0.2) is 0 Å². The first kappa shape index (κ1) is 16.5. The summed E-state index contributed by atoms with van der Waals surface area (Å²) in [6, 6.07) is 9.12. The summed E-state index contributed by atoms with van der Waals surface area (Å²) in [5.74, 6) is 2.16. The highest BCUT2D eigenvalue weighted by atomic mass is 16.2. The van der Waals surface area contributed by atoms with Crippen LogP contribution in [0.2, 0.25) is 0 Å². The Morgan fingerprint density at radius 1 is 1.13 bits per heavy atom. The first-order valence-electron chi connectivity index (χ1n) is 9.11. The maximum absolute atomic E-state index is 12.7. The van der Waals surface area contributed by atoms with Crippen LogP contribution in [0.1, 0.15) is 63.0 Å². The number of benzene rings is 1. The van der Waals surface area contributed by atoms with Crippen molar-refractivity contribution in [3.05, 3.63) is 35.4 Å². The smallest absolute Gasteiger partial charge is 0.226 e. The average molecular weight is 314 g/mol. The Morgan fingerprint density at radius 2 is 1.74 bits per heavy atom. The van der Waals surface area contributed by atoms with Crippen LogP contribution in [-0.2, 0) is 4.79 Å². The van der Waals surface area contributed by atoms with Crippen molar-refractivity contribution in [2.45, 2.75) is 57.9 Å². The van der Waals surface area contributed by atoms with Crippen molar-refractivity contribution in [2.24, 2.45) is 17.6 Å². The third kappa shape index (κ3) is 3.60. The van der Waals surface area contributed by atoms with E-state index in [9.17, 15) is 4.79 Å². The summed E-state index contributed by atoms with van der Waals surface area (Å²) >= 11 is 0. The fourth-order valence-electron chi connectivity index (χ4n) is 3.84. The lowest BCUT2D eigenvalue weighted by Gasteiger charge is -2.34. The van der Waals surface area contributed by atoms with E-state index in [0.717, 1.165) is 32.4 Å². The van der Waals surface area contributed by atoms with Crippen molar-refractivity contribution < 1.29 is 4.79 Å². The van der Waals surface area contributed by atoms with Gasteiger partial charge >= 0.3 is 0 Å². The van der Waals surface area contributed by atoms with Gasteiger partial charge in [0.15, 0.2) is 0 Å². The van der Waals surface area contributed by atoms with Gasteiger partial charge in [-0.2, -0.15) is 0 Å². The van der Waals surface area contributed by atoms with Crippen LogP contribution >= 0.6 is 0 Å². The first-order valence-corrected chi connectivity index (χ1v) is 9.11. The molecular weight excluding hydrogens is 284 g/mol. The molecule has 3 nitrogen and oxygen atoms in total. The molecule has 3 heteroatoms. The summed E-state index contributed by atoms with van der Waals surface area (Å²) in [6.07, 6.45) is 3.14. The van der Waals surface area contributed by atoms with E-state index in [0.29, 0.717) is 23.7 Å². The molecule has 23 heavy (non-hydrogen) atoms. The Hall–Kier alpha value is -1.35. The highest BCUT2D eigenvalue weighted by Gasteiger charge is 2.46. The number of nitrogens with zero attached hydrogens (tertiary/aromatic N) is 1. The van der Waals surface area contributed by atoms with Crippen molar-refractivity contribution >= 4 is 5.91 Å². The Kier molecular flexibility index (Phi) is 4.77. The molecular formula is C20H30N2O. The van der Waals surface area contributed by atoms with Crippen LogP contribution in [0.25, 0.3) is 0 Å². The molecule has 2 N–H and O–H groups in total. The molecule has 3 unspecified atom stereocenters. The van der Waals surface area contributed by atoms with Gasteiger partial charge in [-0.15, -0.1) is 0 Å². The second-order valence-electron chi connectivity index (χ2n) is 7.79. The van der Waals surface area contributed by atoms with Crippen LogP contribution in [-0.4, -0.2) is 29.9 Å². The number of piperidine rings is 1. The highest BCUT2D eigenvalue weighted by molar-refractivity contribution is 5.83. The Morgan fingerprint density at radius 3 is 2.26 bits per heavy atom. The molecule has 3 atom stereocenters. The van der Waals surface area contributed by atoms with Gasteiger partial charge < -0.3 is 10.6 Å². The molecule has 0 bridgehead atoms. The monoisotopic (exact) mass is 314 g/mol. The van der Waals surface area contributed by atoms with Gasteiger partial charge in [0.25, 0.3) is 0 Å². The Balaban J connectivity index is 1.55. The summed E-state index contributed by atoms with van der Waals surface area (Å²) in [4.78, 5) is 14.8. The van der Waals surface area contributed by atoms with Crippen LogP contribution in [0.15, 0.2) is 24.3 Å². The number of carbonyl (C=O) groups excluding carboxylic acids is 1. The zero-order chi connectivity index (χ0) is 16.6. The van der Waals surface area contributed by atoms with Crippen LogP contribution in [0.4, 0.5) is 0 Å². The minimum atomic E-state index is 0.215. The molecule has 1 aromatic rings. The van der Waals surface area contributed by atoms with E-state index < -0.39 is 0 Å². The van der Waals surface area contributed by atoms with E-state index in [1.54, 1.807) is 0 Å². The zero-order valence-corrected chi connectivity index (χ0v) is 14.7. The third-order valence-electron chi connectivity index (χ3n) is 5.73. The van der Waals surface area contributed by atoms with E-state index >= 15 is 0 Å². The molecule has 0 aromatic heterocycles. The van der Waals surface area contributed by atoms with E-state index in [2.05, 4.69) is 49.9 Å². The second-order valence-corrected chi connectivity index (χ2v) is 7.79. The highest BCUT2D eigenvalue weighted by Crippen LogP contribution is 2.49. The standard InChI is InChI=1S/C20H30N2O/c1-13(2)15-4-6-17(7-5-15)18-12-19(18)20(23)22-10-8-16(9-11-22)14(3)21/h4-7,13-14,16,18-19H,8-12,21H2,1-3H3. The topological polar surface area (TPSA) is 46.3 Å². The minimum Gasteiger partial charge on any atom is -0.342 e. The molecule has 3 rings (SSSR count). The van der Waals surface area contributed by atoms with Crippen molar-refractivity contribution in [3.63, 3.8) is 0 Å². The average Bonchev–Trinajstić information content (AvgIpc) is 3.35. The predicted octanol–water partition coefficient (Wildman–Crippen LogP) is 3.50. The van der Waals surface area contributed by atoms with E-state index in [-0.39, 0.29) is 12.0 Å². The fraction of sp³-hybridized carbons (Fsp3) is 0.650. The van der Waals surface area contributed by atoms with Crippen LogP contribution in [0.5, 0.6) is 0 Å². The lowest BCUT2D eigenvalue weighted by Crippen LogP contribution is -2.43. The van der Waals surface area contributed by atoms with Gasteiger partial charge in [0.05, 0.1) is 0 Å². The summed E-state index contributed by atoms with van der Waals surface area (Å²) in [6.45, 7) is 8.29. The summed E-state index contributed by atoms with van der Waals surface area (Å²) in [7, 11) is 0. The van der Waals surface area contributed by atoms with E-state index in [1.807, 2.05) is 0 Å². The molecule has 2 fully saturated rings. The number of nitrogens with two attached hydrogens (primary N) is 1. The van der Waals surface area contributed by atoms with Gasteiger partial charge in [0, 0.05) is 25.0 Å². The zero-order valence-electron chi connectivity index (χ0n) is 14.7. The molecule has 0 spiro atoms. The molecule has 126 valence electrons. The number of hydrogen-bond acceptors (Lipinski definition) is 2. The molecule has 0 radical (unpaired) electrons. The summed E-state index contributed by atoms with van der Waals surface area (Å²) in [5, 5.41) is 0. The SMILES string of the molecule is CC(C)c1ccc(C2CC2C(=O)N2CCC(C(C)N)CC2)cc1. The fourth-order valence-corrected chi connectivity index (χ4v) is 3.84. The van der Waals surface area contributed by atoms with Gasteiger partial charge in [-0.1, -0.05) is 38.1 Å². The molecule has 2 aliphatic rings. The van der Waals surface area contributed by atoms with Crippen molar-refractivity contribution in [1.29, 1.82) is 0 Å². The third-order valence-corrected chi connectivity index (χ3v) is 5.73. The lowest BCUT2D eigenvalue weighted by atomic mass is 9.90. The molecule has 1 aliphatic heterocycles. The van der Waals surface area contributed by atoms with Crippen LogP contribution in [0, 0.1) is 11.8 Å². The number of rotatable bonds is 4. The number of carbonyl (C=O) groups is 1. The van der Waals surface area contributed by atoms with Gasteiger partial charge in [-0.3, -0.25) is 4.79 Å². The lowest BCUT2D eigenvalue weighted by molar-refractivity contribution is -0.134. The molecule has 1 aliphatic carbocycles. The van der Waals surface area contributed by atoms with E-state index in [4.69, 9.17) is 5.73 Å².